The van der Waals surface area contributed by atoms with Gasteiger partial charge in [-0.15, -0.1) is 0 Å². The van der Waals surface area contributed by atoms with Crippen LogP contribution in [-0.2, 0) is 9.47 Å². The van der Waals surface area contributed by atoms with Crippen LogP contribution < -0.4 is 5.32 Å². The van der Waals surface area contributed by atoms with Crippen molar-refractivity contribution in [2.45, 2.75) is 0 Å². The molecule has 0 unspecified atom stereocenters. The number of benzene rings is 3. The summed E-state index contributed by atoms with van der Waals surface area (Å²) in [6, 6.07) is 12.6. The number of nitrogens with one attached hydrogen (secondary N) is 1. The van der Waals surface area contributed by atoms with E-state index >= 15 is 0 Å². The summed E-state index contributed by atoms with van der Waals surface area (Å²) in [6.07, 6.45) is 0. The molecule has 3 aromatic carbocycles. The van der Waals surface area contributed by atoms with Crippen LogP contribution in [0.3, 0.4) is 0 Å². The molecule has 0 heterocycles. The zero-order chi connectivity index (χ0) is 21.1. The van der Waals surface area contributed by atoms with E-state index in [0.717, 1.165) is 5.39 Å². The highest BCUT2D eigenvalue weighted by Gasteiger charge is 2.19. The number of ether oxygens (including phenoxy) is 2. The maximum absolute atomic E-state index is 12.8. The molecule has 3 aromatic rings. The Morgan fingerprint density at radius 2 is 1.45 bits per heavy atom. The van der Waals surface area contributed by atoms with E-state index in [9.17, 15) is 19.5 Å². The summed E-state index contributed by atoms with van der Waals surface area (Å²) in [5.74, 6) is -2.16. The molecule has 29 heavy (non-hydrogen) atoms. The second-order valence-electron chi connectivity index (χ2n) is 6.04. The predicted molar refractivity (Wildman–Crippen MR) is 110 cm³/mol. The van der Waals surface area contributed by atoms with Crippen molar-refractivity contribution in [2.75, 3.05) is 19.5 Å². The van der Waals surface area contributed by atoms with Gasteiger partial charge in [-0.1, -0.05) is 40.2 Å². The first kappa shape index (κ1) is 20.3. The summed E-state index contributed by atoms with van der Waals surface area (Å²) in [4.78, 5) is 36.6. The van der Waals surface area contributed by atoms with Gasteiger partial charge in [0.15, 0.2) is 0 Å². The number of carbonyl (C=O) groups is 3. The Bertz CT molecular complexity index is 1110. The van der Waals surface area contributed by atoms with Crippen molar-refractivity contribution in [3.05, 3.63) is 69.7 Å². The molecule has 2 N–H and O–H groups in total. The Kier molecular flexibility index (Phi) is 5.84. The fourth-order valence-corrected chi connectivity index (χ4v) is 3.43. The number of fused-ring (bicyclic) bond motifs is 1. The van der Waals surface area contributed by atoms with Crippen molar-refractivity contribution >= 4 is 50.2 Å². The molecule has 8 heteroatoms. The molecule has 1 amide bonds. The Balaban J connectivity index is 2.03. The first-order valence-electron chi connectivity index (χ1n) is 8.39. The monoisotopic (exact) mass is 457 g/mol. The van der Waals surface area contributed by atoms with Gasteiger partial charge in [0.2, 0.25) is 0 Å². The van der Waals surface area contributed by atoms with Gasteiger partial charge in [0, 0.05) is 15.5 Å². The van der Waals surface area contributed by atoms with Crippen LogP contribution in [0.5, 0.6) is 5.75 Å². The van der Waals surface area contributed by atoms with Crippen LogP contribution in [0.2, 0.25) is 0 Å². The topological polar surface area (TPSA) is 102 Å². The highest BCUT2D eigenvalue weighted by Crippen LogP contribution is 2.35. The van der Waals surface area contributed by atoms with Gasteiger partial charge in [-0.3, -0.25) is 4.79 Å². The second kappa shape index (κ2) is 8.32. The Hall–Kier alpha value is -3.39. The number of hydrogen-bond donors (Lipinski definition) is 2. The van der Waals surface area contributed by atoms with Crippen molar-refractivity contribution in [3.63, 3.8) is 0 Å². The van der Waals surface area contributed by atoms with Crippen LogP contribution in [0.15, 0.2) is 53.0 Å². The van der Waals surface area contributed by atoms with Crippen molar-refractivity contribution in [1.82, 2.24) is 0 Å². The third kappa shape index (κ3) is 4.07. The zero-order valence-electron chi connectivity index (χ0n) is 15.5. The summed E-state index contributed by atoms with van der Waals surface area (Å²) in [7, 11) is 2.41. The maximum atomic E-state index is 12.8. The van der Waals surface area contributed by atoms with Gasteiger partial charge >= 0.3 is 11.9 Å². The SMILES string of the molecule is COC(=O)c1cc(NC(=O)c2cc(Br)c3ccccc3c2O)cc(C(=O)OC)c1. The lowest BCUT2D eigenvalue weighted by molar-refractivity contribution is 0.0599. The normalized spacial score (nSPS) is 10.4. The standard InChI is InChI=1S/C21H16BrNO6/c1-28-20(26)11-7-12(21(27)29-2)9-13(8-11)23-19(25)16-10-17(22)14-5-3-4-6-15(14)18(16)24/h3-10,24H,1-2H3,(H,23,25). The fraction of sp³-hybridized carbons (Fsp3) is 0.0952. The van der Waals surface area contributed by atoms with Gasteiger partial charge in [-0.25, -0.2) is 9.59 Å². The number of methoxy groups -OCH3 is 2. The molecule has 0 saturated heterocycles. The molecule has 3 rings (SSSR count). The highest BCUT2D eigenvalue weighted by atomic mass is 79.9. The molecule has 148 valence electrons. The Labute approximate surface area is 174 Å². The Morgan fingerprint density at radius 1 is 0.897 bits per heavy atom. The molecule has 0 aliphatic rings. The minimum absolute atomic E-state index is 0.0265. The van der Waals surface area contributed by atoms with E-state index in [1.54, 1.807) is 12.1 Å². The number of esters is 2. The largest absolute Gasteiger partial charge is 0.506 e. The van der Waals surface area contributed by atoms with Crippen LogP contribution in [0, 0.1) is 0 Å². The molecule has 0 fully saturated rings. The van der Waals surface area contributed by atoms with Gasteiger partial charge in [0.05, 0.1) is 30.9 Å². The molecular weight excluding hydrogens is 442 g/mol. The number of halogens is 1. The summed E-state index contributed by atoms with van der Waals surface area (Å²) in [5, 5.41) is 14.4. The van der Waals surface area contributed by atoms with Crippen LogP contribution in [0.4, 0.5) is 5.69 Å². The molecule has 0 radical (unpaired) electrons. The van der Waals surface area contributed by atoms with Crippen molar-refractivity contribution in [3.8, 4) is 5.75 Å². The summed E-state index contributed by atoms with van der Waals surface area (Å²) in [6.45, 7) is 0. The van der Waals surface area contributed by atoms with E-state index in [0.29, 0.717) is 9.86 Å². The molecule has 0 aromatic heterocycles. The molecule has 0 aliphatic heterocycles. The molecule has 7 nitrogen and oxygen atoms in total. The van der Waals surface area contributed by atoms with Crippen molar-refractivity contribution in [2.24, 2.45) is 0 Å². The molecule has 0 bridgehead atoms. The van der Waals surface area contributed by atoms with E-state index in [4.69, 9.17) is 0 Å². The van der Waals surface area contributed by atoms with Crippen LogP contribution >= 0.6 is 15.9 Å². The molecule has 0 spiro atoms. The quantitative estimate of drug-likeness (QED) is 0.570. The van der Waals surface area contributed by atoms with Gasteiger partial charge in [0.25, 0.3) is 5.91 Å². The highest BCUT2D eigenvalue weighted by molar-refractivity contribution is 9.10. The smallest absolute Gasteiger partial charge is 0.337 e. The van der Waals surface area contributed by atoms with Gasteiger partial charge < -0.3 is 19.9 Å². The summed E-state index contributed by atoms with van der Waals surface area (Å²) < 4.78 is 10.00. The van der Waals surface area contributed by atoms with E-state index in [1.807, 2.05) is 12.1 Å². The average molecular weight is 458 g/mol. The number of amides is 1. The first-order chi connectivity index (χ1) is 13.8. The van der Waals surface area contributed by atoms with E-state index in [1.165, 1.54) is 38.5 Å². The van der Waals surface area contributed by atoms with Gasteiger partial charge in [-0.05, 0) is 29.7 Å². The zero-order valence-corrected chi connectivity index (χ0v) is 17.1. The van der Waals surface area contributed by atoms with Crippen LogP contribution in [0.25, 0.3) is 10.8 Å². The number of anilines is 1. The number of phenols is 1. The molecule has 0 aliphatic carbocycles. The average Bonchev–Trinajstić information content (AvgIpc) is 2.74. The molecule has 0 atom stereocenters. The third-order valence-corrected chi connectivity index (χ3v) is 4.90. The minimum atomic E-state index is -0.678. The lowest BCUT2D eigenvalue weighted by Gasteiger charge is -2.12. The second-order valence-corrected chi connectivity index (χ2v) is 6.89. The van der Waals surface area contributed by atoms with Gasteiger partial charge in [0.1, 0.15) is 5.75 Å². The minimum Gasteiger partial charge on any atom is -0.506 e. The van der Waals surface area contributed by atoms with E-state index in [2.05, 4.69) is 30.7 Å². The number of carbonyl (C=O) groups excluding carboxylic acids is 3. The van der Waals surface area contributed by atoms with Crippen LogP contribution in [0.1, 0.15) is 31.1 Å². The molecular formula is C21H16BrNO6. The lowest BCUT2D eigenvalue weighted by atomic mass is 10.0. The number of aromatic hydroxyl groups is 1. The summed E-state index contributed by atoms with van der Waals surface area (Å²) >= 11 is 3.40. The fourth-order valence-electron chi connectivity index (χ4n) is 2.86. The van der Waals surface area contributed by atoms with Crippen LogP contribution in [-0.4, -0.2) is 37.2 Å². The molecule has 0 saturated carbocycles. The lowest BCUT2D eigenvalue weighted by Crippen LogP contribution is -2.14. The van der Waals surface area contributed by atoms with Crippen molar-refractivity contribution < 1.29 is 29.0 Å². The van der Waals surface area contributed by atoms with Crippen molar-refractivity contribution in [1.29, 1.82) is 0 Å². The maximum Gasteiger partial charge on any atom is 0.337 e. The predicted octanol–water partition coefficient (Wildman–Crippen LogP) is 4.13. The van der Waals surface area contributed by atoms with E-state index in [-0.39, 0.29) is 28.1 Å². The third-order valence-electron chi connectivity index (χ3n) is 4.24. The number of hydrogen-bond acceptors (Lipinski definition) is 6. The number of phenolic OH excluding ortho intramolecular Hbond substituents is 1. The van der Waals surface area contributed by atoms with E-state index < -0.39 is 17.8 Å². The van der Waals surface area contributed by atoms with Gasteiger partial charge in [-0.2, -0.15) is 0 Å². The summed E-state index contributed by atoms with van der Waals surface area (Å²) in [5.41, 5.74) is 0.324. The first-order valence-corrected chi connectivity index (χ1v) is 9.18. The Morgan fingerprint density at radius 3 is 2.00 bits per heavy atom. The number of rotatable bonds is 4.